The van der Waals surface area contributed by atoms with Crippen molar-refractivity contribution in [2.75, 3.05) is 7.05 Å². The van der Waals surface area contributed by atoms with Crippen LogP contribution < -0.4 is 5.73 Å². The highest BCUT2D eigenvalue weighted by atomic mass is 15.3. The van der Waals surface area contributed by atoms with E-state index in [9.17, 15) is 0 Å². The number of hydrogen-bond donors (Lipinski definition) is 1. The molecular formula is C16H28N4. The van der Waals surface area contributed by atoms with Crippen LogP contribution in [-0.2, 0) is 6.54 Å². The molecule has 1 heterocycles. The minimum Gasteiger partial charge on any atom is -0.326 e. The lowest BCUT2D eigenvalue weighted by Gasteiger charge is -2.35. The van der Waals surface area contributed by atoms with Crippen molar-refractivity contribution in [1.29, 1.82) is 0 Å². The summed E-state index contributed by atoms with van der Waals surface area (Å²) in [5, 5.41) is 4.79. The Morgan fingerprint density at radius 3 is 2.65 bits per heavy atom. The Bertz CT molecular complexity index is 422. The molecule has 2 aliphatic carbocycles. The summed E-state index contributed by atoms with van der Waals surface area (Å²) in [6.07, 6.45) is 12.5. The van der Waals surface area contributed by atoms with Gasteiger partial charge in [0.25, 0.3) is 0 Å². The minimum atomic E-state index is 0.339. The van der Waals surface area contributed by atoms with Gasteiger partial charge in [-0.2, -0.15) is 5.10 Å². The van der Waals surface area contributed by atoms with Crippen molar-refractivity contribution in [2.24, 2.45) is 5.73 Å². The molecule has 0 aromatic carbocycles. The van der Waals surface area contributed by atoms with Crippen molar-refractivity contribution >= 4 is 0 Å². The average Bonchev–Trinajstić information content (AvgIpc) is 3.09. The van der Waals surface area contributed by atoms with E-state index in [-0.39, 0.29) is 0 Å². The lowest BCUT2D eigenvalue weighted by atomic mass is 9.90. The minimum absolute atomic E-state index is 0.339. The molecule has 4 nitrogen and oxygen atoms in total. The first-order valence-electron chi connectivity index (χ1n) is 8.24. The maximum atomic E-state index is 6.27. The van der Waals surface area contributed by atoms with Gasteiger partial charge < -0.3 is 5.73 Å². The first-order valence-corrected chi connectivity index (χ1v) is 8.24. The van der Waals surface area contributed by atoms with Gasteiger partial charge in [0.2, 0.25) is 0 Å². The number of likely N-dealkylation sites (N-methyl/N-ethyl adjacent to an activating group) is 1. The summed E-state index contributed by atoms with van der Waals surface area (Å²) in [5.74, 6) is 0. The Kier molecular flexibility index (Phi) is 4.41. The first kappa shape index (κ1) is 14.1. The molecule has 2 N–H and O–H groups in total. The van der Waals surface area contributed by atoms with E-state index in [4.69, 9.17) is 10.8 Å². The Balaban J connectivity index is 1.59. The number of nitrogens with zero attached hydrogens (tertiary/aromatic N) is 3. The number of aromatic nitrogens is 2. The molecule has 0 amide bonds. The van der Waals surface area contributed by atoms with Gasteiger partial charge in [0, 0.05) is 24.8 Å². The molecule has 0 bridgehead atoms. The Morgan fingerprint density at radius 1 is 1.20 bits per heavy atom. The summed E-state index contributed by atoms with van der Waals surface area (Å²) in [5.41, 5.74) is 7.46. The zero-order valence-corrected chi connectivity index (χ0v) is 12.7. The second-order valence-electron chi connectivity index (χ2n) is 6.66. The molecule has 20 heavy (non-hydrogen) atoms. The van der Waals surface area contributed by atoms with E-state index in [1.54, 1.807) is 0 Å². The van der Waals surface area contributed by atoms with Gasteiger partial charge in [-0.15, -0.1) is 0 Å². The highest BCUT2D eigenvalue weighted by Crippen LogP contribution is 2.29. The highest BCUT2D eigenvalue weighted by molar-refractivity contribution is 5.01. The second kappa shape index (κ2) is 6.27. The van der Waals surface area contributed by atoms with Gasteiger partial charge >= 0.3 is 0 Å². The monoisotopic (exact) mass is 276 g/mol. The first-order chi connectivity index (χ1) is 9.74. The molecule has 0 spiro atoms. The molecule has 0 aliphatic heterocycles. The molecule has 0 saturated heterocycles. The molecule has 0 radical (unpaired) electrons. The smallest absolute Gasteiger partial charge is 0.0764 e. The largest absolute Gasteiger partial charge is 0.326 e. The molecule has 1 aromatic heterocycles. The number of nitrogens with two attached hydrogens (primary N) is 1. The van der Waals surface area contributed by atoms with E-state index in [1.165, 1.54) is 57.1 Å². The summed E-state index contributed by atoms with van der Waals surface area (Å²) in [6, 6.07) is 3.69. The topological polar surface area (TPSA) is 47.1 Å². The second-order valence-corrected chi connectivity index (χ2v) is 6.66. The Labute approximate surface area is 122 Å². The third-order valence-corrected chi connectivity index (χ3v) is 5.12. The van der Waals surface area contributed by atoms with Crippen molar-refractivity contribution in [3.63, 3.8) is 0 Å². The van der Waals surface area contributed by atoms with Crippen molar-refractivity contribution in [1.82, 2.24) is 14.7 Å². The van der Waals surface area contributed by atoms with Gasteiger partial charge in [-0.25, -0.2) is 0 Å². The summed E-state index contributed by atoms with van der Waals surface area (Å²) < 4.78 is 2.19. The molecule has 3 rings (SSSR count). The van der Waals surface area contributed by atoms with Crippen LogP contribution in [0.3, 0.4) is 0 Å². The Hall–Kier alpha value is -0.870. The summed E-state index contributed by atoms with van der Waals surface area (Å²) in [4.78, 5) is 2.41. The predicted molar refractivity (Wildman–Crippen MR) is 81.4 cm³/mol. The molecule has 2 unspecified atom stereocenters. The molecule has 2 fully saturated rings. The van der Waals surface area contributed by atoms with E-state index in [1.807, 2.05) is 0 Å². The van der Waals surface area contributed by atoms with Crippen molar-refractivity contribution in [3.8, 4) is 0 Å². The molecule has 2 atom stereocenters. The summed E-state index contributed by atoms with van der Waals surface area (Å²) >= 11 is 0. The van der Waals surface area contributed by atoms with Crippen LogP contribution in [0.25, 0.3) is 0 Å². The van der Waals surface area contributed by atoms with E-state index >= 15 is 0 Å². The third-order valence-electron chi connectivity index (χ3n) is 5.12. The van der Waals surface area contributed by atoms with Crippen LogP contribution in [0.1, 0.15) is 63.1 Å². The number of hydrogen-bond acceptors (Lipinski definition) is 3. The van der Waals surface area contributed by atoms with Gasteiger partial charge in [0.15, 0.2) is 0 Å². The van der Waals surface area contributed by atoms with Gasteiger partial charge in [-0.3, -0.25) is 9.58 Å². The van der Waals surface area contributed by atoms with Crippen LogP contribution >= 0.6 is 0 Å². The maximum Gasteiger partial charge on any atom is 0.0764 e. The van der Waals surface area contributed by atoms with Crippen LogP contribution in [-0.4, -0.2) is 33.8 Å². The van der Waals surface area contributed by atoms with E-state index in [0.29, 0.717) is 18.1 Å². The van der Waals surface area contributed by atoms with Crippen LogP contribution in [0.15, 0.2) is 12.3 Å². The third kappa shape index (κ3) is 3.07. The zero-order chi connectivity index (χ0) is 13.9. The summed E-state index contributed by atoms with van der Waals surface area (Å²) in [6.45, 7) is 0.929. The van der Waals surface area contributed by atoms with Gasteiger partial charge in [-0.1, -0.05) is 25.7 Å². The highest BCUT2D eigenvalue weighted by Gasteiger charge is 2.26. The zero-order valence-electron chi connectivity index (χ0n) is 12.7. The van der Waals surface area contributed by atoms with Crippen molar-refractivity contribution in [2.45, 2.75) is 76.0 Å². The van der Waals surface area contributed by atoms with E-state index in [0.717, 1.165) is 6.54 Å². The molecular weight excluding hydrogens is 248 g/mol. The lowest BCUT2D eigenvalue weighted by Crippen LogP contribution is -2.47. The SMILES string of the molecule is CN(Cc1ccn(C2CCCC2)n1)C1CCCCC1N. The molecule has 4 heteroatoms. The molecule has 2 saturated carbocycles. The van der Waals surface area contributed by atoms with Gasteiger partial charge in [0.1, 0.15) is 0 Å². The predicted octanol–water partition coefficient (Wildman–Crippen LogP) is 2.70. The fraction of sp³-hybridized carbons (Fsp3) is 0.812. The quantitative estimate of drug-likeness (QED) is 0.919. The van der Waals surface area contributed by atoms with Crippen LogP contribution in [0.2, 0.25) is 0 Å². The maximum absolute atomic E-state index is 6.27. The van der Waals surface area contributed by atoms with Crippen LogP contribution in [0, 0.1) is 0 Å². The average molecular weight is 276 g/mol. The van der Waals surface area contributed by atoms with Gasteiger partial charge in [0.05, 0.1) is 11.7 Å². The normalized spacial score (nSPS) is 28.4. The molecule has 2 aliphatic rings. The van der Waals surface area contributed by atoms with Crippen molar-refractivity contribution < 1.29 is 0 Å². The van der Waals surface area contributed by atoms with Gasteiger partial charge in [-0.05, 0) is 38.8 Å². The fourth-order valence-electron chi connectivity index (χ4n) is 3.89. The van der Waals surface area contributed by atoms with Crippen LogP contribution in [0.5, 0.6) is 0 Å². The number of rotatable bonds is 4. The van der Waals surface area contributed by atoms with E-state index < -0.39 is 0 Å². The molecule has 112 valence electrons. The van der Waals surface area contributed by atoms with E-state index in [2.05, 4.69) is 28.9 Å². The van der Waals surface area contributed by atoms with Crippen molar-refractivity contribution in [3.05, 3.63) is 18.0 Å². The summed E-state index contributed by atoms with van der Waals surface area (Å²) in [7, 11) is 2.20. The lowest BCUT2D eigenvalue weighted by molar-refractivity contribution is 0.160. The molecule has 1 aromatic rings. The Morgan fingerprint density at radius 2 is 1.90 bits per heavy atom. The van der Waals surface area contributed by atoms with Crippen LogP contribution in [0.4, 0.5) is 0 Å². The standard InChI is InChI=1S/C16H28N4/c1-19(16-9-5-4-8-15(16)17)12-13-10-11-20(18-13)14-6-2-3-7-14/h10-11,14-16H,2-9,12,17H2,1H3. The fourth-order valence-corrected chi connectivity index (χ4v) is 3.89.